The number of nitrogens with one attached hydrogen (secondary N) is 1. The molecular weight excluding hydrogens is 242 g/mol. The van der Waals surface area contributed by atoms with Gasteiger partial charge in [-0.2, -0.15) is 0 Å². The van der Waals surface area contributed by atoms with E-state index in [1.807, 2.05) is 31.2 Å². The predicted octanol–water partition coefficient (Wildman–Crippen LogP) is 2.94. The van der Waals surface area contributed by atoms with Crippen molar-refractivity contribution in [1.82, 2.24) is 0 Å². The lowest BCUT2D eigenvalue weighted by Crippen LogP contribution is -2.21. The maximum Gasteiger partial charge on any atom is 0.330 e. The number of carboxylic acids is 1. The molecule has 0 aromatic heterocycles. The number of carboxylic acid groups (broad SMARTS) is 1. The third-order valence-electron chi connectivity index (χ3n) is 2.94. The number of aliphatic carboxylic acids is 1. The molecule has 4 nitrogen and oxygen atoms in total. The molecule has 98 valence electrons. The Labute approximate surface area is 111 Å². The molecule has 1 unspecified atom stereocenters. The molecule has 0 saturated carbocycles. The van der Waals surface area contributed by atoms with Gasteiger partial charge in [0.15, 0.2) is 6.04 Å². The summed E-state index contributed by atoms with van der Waals surface area (Å²) in [7, 11) is 0. The van der Waals surface area contributed by atoms with Gasteiger partial charge in [-0.15, -0.1) is 0 Å². The number of carbonyl (C=O) groups is 1. The third-order valence-corrected chi connectivity index (χ3v) is 2.94. The van der Waals surface area contributed by atoms with E-state index in [0.29, 0.717) is 5.56 Å². The minimum absolute atomic E-state index is 0.0315. The van der Waals surface area contributed by atoms with Crippen molar-refractivity contribution < 1.29 is 15.0 Å². The van der Waals surface area contributed by atoms with Crippen LogP contribution < -0.4 is 5.32 Å². The SMILES string of the molecule is Cc1ccccc1NC(C(=O)O)c1ccccc1O. The van der Waals surface area contributed by atoms with Crippen molar-refractivity contribution in [3.05, 3.63) is 59.7 Å². The minimum Gasteiger partial charge on any atom is -0.508 e. The number of phenolic OH excluding ortho intramolecular Hbond substituents is 1. The molecule has 2 aromatic carbocycles. The van der Waals surface area contributed by atoms with Crippen molar-refractivity contribution in [2.75, 3.05) is 5.32 Å². The number of benzene rings is 2. The zero-order valence-corrected chi connectivity index (χ0v) is 10.5. The van der Waals surface area contributed by atoms with Gasteiger partial charge in [0, 0.05) is 11.3 Å². The van der Waals surface area contributed by atoms with E-state index in [9.17, 15) is 15.0 Å². The first-order valence-electron chi connectivity index (χ1n) is 5.92. The van der Waals surface area contributed by atoms with Gasteiger partial charge >= 0.3 is 5.97 Å². The zero-order valence-electron chi connectivity index (χ0n) is 10.5. The van der Waals surface area contributed by atoms with Gasteiger partial charge in [-0.05, 0) is 24.6 Å². The van der Waals surface area contributed by atoms with Crippen LogP contribution in [0, 0.1) is 6.92 Å². The number of phenols is 1. The van der Waals surface area contributed by atoms with E-state index in [1.165, 1.54) is 6.07 Å². The normalized spacial score (nSPS) is 11.8. The van der Waals surface area contributed by atoms with Crippen LogP contribution in [0.25, 0.3) is 0 Å². The standard InChI is InChI=1S/C15H15NO3/c1-10-6-2-4-8-12(10)16-14(15(18)19)11-7-3-5-9-13(11)17/h2-9,14,16-17H,1H3,(H,18,19). The van der Waals surface area contributed by atoms with E-state index in [-0.39, 0.29) is 5.75 Å². The summed E-state index contributed by atoms with van der Waals surface area (Å²) in [6.07, 6.45) is 0. The van der Waals surface area contributed by atoms with E-state index in [0.717, 1.165) is 11.3 Å². The summed E-state index contributed by atoms with van der Waals surface area (Å²) in [5.41, 5.74) is 2.03. The van der Waals surface area contributed by atoms with Crippen molar-refractivity contribution in [2.24, 2.45) is 0 Å². The Hall–Kier alpha value is -2.49. The van der Waals surface area contributed by atoms with Gasteiger partial charge in [-0.25, -0.2) is 4.79 Å². The highest BCUT2D eigenvalue weighted by Gasteiger charge is 2.22. The smallest absolute Gasteiger partial charge is 0.330 e. The molecule has 0 aliphatic heterocycles. The van der Waals surface area contributed by atoms with Crippen LogP contribution >= 0.6 is 0 Å². The molecule has 4 heteroatoms. The van der Waals surface area contributed by atoms with E-state index in [2.05, 4.69) is 5.32 Å². The second-order valence-electron chi connectivity index (χ2n) is 4.29. The van der Waals surface area contributed by atoms with Crippen LogP contribution in [0.1, 0.15) is 17.2 Å². The van der Waals surface area contributed by atoms with E-state index in [4.69, 9.17) is 0 Å². The van der Waals surface area contributed by atoms with E-state index < -0.39 is 12.0 Å². The van der Waals surface area contributed by atoms with Gasteiger partial charge in [0.25, 0.3) is 0 Å². The van der Waals surface area contributed by atoms with Crippen LogP contribution in [0.4, 0.5) is 5.69 Å². The van der Waals surface area contributed by atoms with Crippen LogP contribution in [0.3, 0.4) is 0 Å². The summed E-state index contributed by atoms with van der Waals surface area (Å²) in [4.78, 5) is 11.4. The summed E-state index contributed by atoms with van der Waals surface area (Å²) < 4.78 is 0. The second-order valence-corrected chi connectivity index (χ2v) is 4.29. The van der Waals surface area contributed by atoms with Gasteiger partial charge < -0.3 is 15.5 Å². The number of aryl methyl sites for hydroxylation is 1. The van der Waals surface area contributed by atoms with Gasteiger partial charge in [0.2, 0.25) is 0 Å². The first kappa shape index (κ1) is 13.0. The molecule has 2 rings (SSSR count). The number of aromatic hydroxyl groups is 1. The molecule has 0 bridgehead atoms. The lowest BCUT2D eigenvalue weighted by molar-refractivity contribution is -0.138. The molecule has 0 fully saturated rings. The molecule has 0 aliphatic carbocycles. The van der Waals surface area contributed by atoms with Crippen LogP contribution in [0.15, 0.2) is 48.5 Å². The van der Waals surface area contributed by atoms with Crippen LogP contribution in [-0.2, 0) is 4.79 Å². The average molecular weight is 257 g/mol. The van der Waals surface area contributed by atoms with Gasteiger partial charge in [0.1, 0.15) is 5.75 Å². The fraction of sp³-hybridized carbons (Fsp3) is 0.133. The summed E-state index contributed by atoms with van der Waals surface area (Å²) in [5, 5.41) is 22.0. The zero-order chi connectivity index (χ0) is 13.8. The van der Waals surface area contributed by atoms with E-state index in [1.54, 1.807) is 18.2 Å². The molecule has 0 saturated heterocycles. The largest absolute Gasteiger partial charge is 0.508 e. The van der Waals surface area contributed by atoms with Crippen molar-refractivity contribution in [2.45, 2.75) is 13.0 Å². The van der Waals surface area contributed by atoms with Crippen molar-refractivity contribution in [3.63, 3.8) is 0 Å². The highest BCUT2D eigenvalue weighted by Crippen LogP contribution is 2.28. The number of rotatable bonds is 4. The number of hydrogen-bond acceptors (Lipinski definition) is 3. The average Bonchev–Trinajstić information content (AvgIpc) is 2.38. The number of hydrogen-bond donors (Lipinski definition) is 3. The molecule has 19 heavy (non-hydrogen) atoms. The predicted molar refractivity (Wildman–Crippen MR) is 73.3 cm³/mol. The molecule has 0 amide bonds. The number of anilines is 1. The highest BCUT2D eigenvalue weighted by molar-refractivity contribution is 5.80. The van der Waals surface area contributed by atoms with Crippen LogP contribution in [-0.4, -0.2) is 16.2 Å². The van der Waals surface area contributed by atoms with Gasteiger partial charge in [0.05, 0.1) is 0 Å². The van der Waals surface area contributed by atoms with E-state index >= 15 is 0 Å². The Balaban J connectivity index is 2.35. The first-order valence-corrected chi connectivity index (χ1v) is 5.92. The molecular formula is C15H15NO3. The maximum atomic E-state index is 11.4. The van der Waals surface area contributed by atoms with Crippen molar-refractivity contribution >= 4 is 11.7 Å². The fourth-order valence-corrected chi connectivity index (χ4v) is 1.89. The number of para-hydroxylation sites is 2. The molecule has 3 N–H and O–H groups in total. The Morgan fingerprint density at radius 2 is 1.74 bits per heavy atom. The van der Waals surface area contributed by atoms with Crippen molar-refractivity contribution in [1.29, 1.82) is 0 Å². The summed E-state index contributed by atoms with van der Waals surface area (Å²) >= 11 is 0. The molecule has 2 aromatic rings. The molecule has 0 spiro atoms. The summed E-state index contributed by atoms with van der Waals surface area (Å²) in [6.45, 7) is 1.89. The molecule has 0 radical (unpaired) electrons. The van der Waals surface area contributed by atoms with Crippen molar-refractivity contribution in [3.8, 4) is 5.75 Å². The fourth-order valence-electron chi connectivity index (χ4n) is 1.89. The Kier molecular flexibility index (Phi) is 3.71. The Morgan fingerprint density at radius 1 is 1.11 bits per heavy atom. The van der Waals surface area contributed by atoms with Gasteiger partial charge in [-0.1, -0.05) is 36.4 Å². The minimum atomic E-state index is -1.04. The topological polar surface area (TPSA) is 69.6 Å². The lowest BCUT2D eigenvalue weighted by atomic mass is 10.0. The Bertz CT molecular complexity index is 595. The van der Waals surface area contributed by atoms with Gasteiger partial charge in [-0.3, -0.25) is 0 Å². The monoisotopic (exact) mass is 257 g/mol. The lowest BCUT2D eigenvalue weighted by Gasteiger charge is -2.18. The van der Waals surface area contributed by atoms with Crippen LogP contribution in [0.5, 0.6) is 5.75 Å². The summed E-state index contributed by atoms with van der Waals surface area (Å²) in [5.74, 6) is -1.07. The maximum absolute atomic E-state index is 11.4. The highest BCUT2D eigenvalue weighted by atomic mass is 16.4. The summed E-state index contributed by atoms with van der Waals surface area (Å²) in [6, 6.07) is 12.9. The second kappa shape index (κ2) is 5.44. The first-order chi connectivity index (χ1) is 9.09. The molecule has 0 aliphatic rings. The molecule has 0 heterocycles. The quantitative estimate of drug-likeness (QED) is 0.787. The third kappa shape index (κ3) is 2.85. The molecule has 1 atom stereocenters. The van der Waals surface area contributed by atoms with Crippen LogP contribution in [0.2, 0.25) is 0 Å². The Morgan fingerprint density at radius 3 is 2.37 bits per heavy atom.